The molecule has 0 aromatic carbocycles. The van der Waals surface area contributed by atoms with E-state index < -0.39 is 0 Å². The molecule has 2 rings (SSSR count). The molecule has 2 aliphatic rings. The van der Waals surface area contributed by atoms with Gasteiger partial charge in [-0.25, -0.2) is 0 Å². The van der Waals surface area contributed by atoms with Crippen molar-refractivity contribution in [2.45, 2.75) is 64.1 Å². The largest absolute Gasteiger partial charge is 0.355 e. The fourth-order valence-corrected chi connectivity index (χ4v) is 3.21. The summed E-state index contributed by atoms with van der Waals surface area (Å²) in [5.41, 5.74) is 0. The van der Waals surface area contributed by atoms with Crippen LogP contribution in [-0.4, -0.2) is 48.6 Å². The molecule has 0 radical (unpaired) electrons. The highest BCUT2D eigenvalue weighted by atomic mass is 16.2. The number of hydrogen-bond donors (Lipinski definition) is 2. The number of amides is 1. The number of nitrogens with zero attached hydrogens (tertiary/aromatic N) is 1. The van der Waals surface area contributed by atoms with Crippen molar-refractivity contribution in [1.29, 1.82) is 0 Å². The third-order valence-corrected chi connectivity index (χ3v) is 4.25. The molecule has 0 aromatic rings. The van der Waals surface area contributed by atoms with Gasteiger partial charge < -0.3 is 15.5 Å². The van der Waals surface area contributed by atoms with E-state index in [1.807, 2.05) is 6.92 Å². The summed E-state index contributed by atoms with van der Waals surface area (Å²) < 4.78 is 0. The molecule has 4 heteroatoms. The van der Waals surface area contributed by atoms with Crippen LogP contribution in [-0.2, 0) is 4.79 Å². The molecule has 4 nitrogen and oxygen atoms in total. The van der Waals surface area contributed by atoms with E-state index in [1.165, 1.54) is 38.8 Å². The summed E-state index contributed by atoms with van der Waals surface area (Å²) in [5.74, 6) is 0.144. The Morgan fingerprint density at radius 1 is 1.39 bits per heavy atom. The van der Waals surface area contributed by atoms with Gasteiger partial charge in [0.05, 0.1) is 6.04 Å². The van der Waals surface area contributed by atoms with Crippen molar-refractivity contribution >= 4 is 5.91 Å². The van der Waals surface area contributed by atoms with Crippen molar-refractivity contribution in [2.24, 2.45) is 0 Å². The van der Waals surface area contributed by atoms with Crippen LogP contribution in [0.1, 0.15) is 46.0 Å². The topological polar surface area (TPSA) is 44.4 Å². The Labute approximate surface area is 110 Å². The SMILES string of the molecule is CCCNC(=O)C(C)NC1CCN2CCCC2C1. The first kappa shape index (κ1) is 13.8. The van der Waals surface area contributed by atoms with Crippen LogP contribution in [0.25, 0.3) is 0 Å². The number of carbonyl (C=O) groups is 1. The van der Waals surface area contributed by atoms with E-state index in [2.05, 4.69) is 22.5 Å². The second kappa shape index (κ2) is 6.53. The number of rotatable bonds is 5. The molecule has 2 fully saturated rings. The van der Waals surface area contributed by atoms with Crippen LogP contribution in [0.2, 0.25) is 0 Å². The maximum Gasteiger partial charge on any atom is 0.236 e. The Morgan fingerprint density at radius 3 is 3.00 bits per heavy atom. The van der Waals surface area contributed by atoms with Gasteiger partial charge in [-0.3, -0.25) is 4.79 Å². The maximum absolute atomic E-state index is 11.8. The van der Waals surface area contributed by atoms with Crippen LogP contribution in [0.4, 0.5) is 0 Å². The Morgan fingerprint density at radius 2 is 2.22 bits per heavy atom. The summed E-state index contributed by atoms with van der Waals surface area (Å²) in [7, 11) is 0. The van der Waals surface area contributed by atoms with Crippen molar-refractivity contribution in [1.82, 2.24) is 15.5 Å². The summed E-state index contributed by atoms with van der Waals surface area (Å²) in [6, 6.07) is 1.23. The van der Waals surface area contributed by atoms with E-state index in [0.717, 1.165) is 19.0 Å². The van der Waals surface area contributed by atoms with Gasteiger partial charge in [-0.1, -0.05) is 6.92 Å². The van der Waals surface area contributed by atoms with Crippen LogP contribution in [0.15, 0.2) is 0 Å². The Bertz CT molecular complexity index is 282. The Hall–Kier alpha value is -0.610. The molecule has 1 amide bonds. The predicted molar refractivity (Wildman–Crippen MR) is 73.5 cm³/mol. The molecule has 0 saturated carbocycles. The van der Waals surface area contributed by atoms with Gasteiger partial charge in [0, 0.05) is 18.6 Å². The molecular weight excluding hydrogens is 226 g/mol. The Balaban J connectivity index is 1.74. The van der Waals surface area contributed by atoms with E-state index in [4.69, 9.17) is 0 Å². The average Bonchev–Trinajstić information content (AvgIpc) is 2.83. The van der Waals surface area contributed by atoms with E-state index in [-0.39, 0.29) is 11.9 Å². The summed E-state index contributed by atoms with van der Waals surface area (Å²) >= 11 is 0. The minimum atomic E-state index is -0.0606. The Kier molecular flexibility index (Phi) is 5.01. The van der Waals surface area contributed by atoms with Crippen molar-refractivity contribution in [3.05, 3.63) is 0 Å². The molecule has 2 saturated heterocycles. The average molecular weight is 253 g/mol. The van der Waals surface area contributed by atoms with Gasteiger partial charge in [0.15, 0.2) is 0 Å². The lowest BCUT2D eigenvalue weighted by molar-refractivity contribution is -0.123. The third-order valence-electron chi connectivity index (χ3n) is 4.25. The van der Waals surface area contributed by atoms with Crippen molar-refractivity contribution in [2.75, 3.05) is 19.6 Å². The van der Waals surface area contributed by atoms with Gasteiger partial charge >= 0.3 is 0 Å². The van der Waals surface area contributed by atoms with Crippen molar-refractivity contribution < 1.29 is 4.79 Å². The number of fused-ring (bicyclic) bond motifs is 1. The van der Waals surface area contributed by atoms with Gasteiger partial charge in [0.25, 0.3) is 0 Å². The highest BCUT2D eigenvalue weighted by Gasteiger charge is 2.32. The number of piperidine rings is 1. The van der Waals surface area contributed by atoms with Crippen molar-refractivity contribution in [3.8, 4) is 0 Å². The monoisotopic (exact) mass is 253 g/mol. The van der Waals surface area contributed by atoms with Gasteiger partial charge in [-0.15, -0.1) is 0 Å². The summed E-state index contributed by atoms with van der Waals surface area (Å²) in [6.45, 7) is 7.32. The quantitative estimate of drug-likeness (QED) is 0.771. The molecule has 0 aromatic heterocycles. The fourth-order valence-electron chi connectivity index (χ4n) is 3.21. The van der Waals surface area contributed by atoms with Crippen molar-refractivity contribution in [3.63, 3.8) is 0 Å². The van der Waals surface area contributed by atoms with Crippen LogP contribution < -0.4 is 10.6 Å². The lowest BCUT2D eigenvalue weighted by atomic mass is 9.97. The summed E-state index contributed by atoms with van der Waals surface area (Å²) in [4.78, 5) is 14.4. The standard InChI is InChI=1S/C14H27N3O/c1-3-7-15-14(18)11(2)16-12-6-9-17-8-4-5-13(17)10-12/h11-13,16H,3-10H2,1-2H3,(H,15,18). The molecule has 3 atom stereocenters. The lowest BCUT2D eigenvalue weighted by Crippen LogP contribution is -2.52. The molecular formula is C14H27N3O. The van der Waals surface area contributed by atoms with Gasteiger partial charge in [-0.2, -0.15) is 0 Å². The van der Waals surface area contributed by atoms with Gasteiger partial charge in [0.1, 0.15) is 0 Å². The first-order valence-electron chi connectivity index (χ1n) is 7.48. The van der Waals surface area contributed by atoms with Crippen LogP contribution >= 0.6 is 0 Å². The smallest absolute Gasteiger partial charge is 0.236 e. The predicted octanol–water partition coefficient (Wildman–Crippen LogP) is 1.12. The zero-order valence-corrected chi connectivity index (χ0v) is 11.7. The molecule has 2 aliphatic heterocycles. The van der Waals surface area contributed by atoms with Crippen LogP contribution in [0, 0.1) is 0 Å². The first-order chi connectivity index (χ1) is 8.70. The zero-order chi connectivity index (χ0) is 13.0. The zero-order valence-electron chi connectivity index (χ0n) is 11.7. The molecule has 3 unspecified atom stereocenters. The van der Waals surface area contributed by atoms with E-state index >= 15 is 0 Å². The number of hydrogen-bond acceptors (Lipinski definition) is 3. The summed E-state index contributed by atoms with van der Waals surface area (Å²) in [5, 5.41) is 6.46. The number of nitrogens with one attached hydrogen (secondary N) is 2. The minimum absolute atomic E-state index is 0.0606. The van der Waals surface area contributed by atoms with Gasteiger partial charge in [0.2, 0.25) is 5.91 Å². The molecule has 0 aliphatic carbocycles. The van der Waals surface area contributed by atoms with E-state index in [0.29, 0.717) is 6.04 Å². The first-order valence-corrected chi connectivity index (χ1v) is 7.48. The maximum atomic E-state index is 11.8. The van der Waals surface area contributed by atoms with E-state index in [9.17, 15) is 4.79 Å². The normalized spacial score (nSPS) is 29.9. The van der Waals surface area contributed by atoms with Crippen LogP contribution in [0.3, 0.4) is 0 Å². The molecule has 2 heterocycles. The summed E-state index contributed by atoms with van der Waals surface area (Å²) in [6.07, 6.45) is 6.09. The highest BCUT2D eigenvalue weighted by molar-refractivity contribution is 5.81. The number of carbonyl (C=O) groups excluding carboxylic acids is 1. The van der Waals surface area contributed by atoms with E-state index in [1.54, 1.807) is 0 Å². The van der Waals surface area contributed by atoms with Crippen LogP contribution in [0.5, 0.6) is 0 Å². The molecule has 104 valence electrons. The second-order valence-corrected chi connectivity index (χ2v) is 5.73. The second-order valence-electron chi connectivity index (χ2n) is 5.73. The lowest BCUT2D eigenvalue weighted by Gasteiger charge is -2.36. The molecule has 0 bridgehead atoms. The third kappa shape index (κ3) is 3.45. The van der Waals surface area contributed by atoms with Gasteiger partial charge in [-0.05, 0) is 52.1 Å². The molecule has 18 heavy (non-hydrogen) atoms. The fraction of sp³-hybridized carbons (Fsp3) is 0.929. The highest BCUT2D eigenvalue weighted by Crippen LogP contribution is 2.26. The molecule has 2 N–H and O–H groups in total. The molecule has 0 spiro atoms. The minimum Gasteiger partial charge on any atom is -0.355 e.